The lowest BCUT2D eigenvalue weighted by Gasteiger charge is -2.40. The van der Waals surface area contributed by atoms with E-state index in [-0.39, 0.29) is 25.9 Å². The summed E-state index contributed by atoms with van der Waals surface area (Å²) in [5.74, 6) is -3.20. The minimum atomic E-state index is -1.92. The molecule has 0 spiro atoms. The van der Waals surface area contributed by atoms with Crippen molar-refractivity contribution in [2.75, 3.05) is 13.2 Å². The van der Waals surface area contributed by atoms with Gasteiger partial charge < -0.3 is 39.0 Å². The number of hydrogen-bond acceptors (Lipinski definition) is 11. The molecule has 0 radical (unpaired) electrons. The Morgan fingerprint density at radius 3 is 1.32 bits per heavy atom. The second-order valence-electron chi connectivity index (χ2n) is 18.8. The van der Waals surface area contributed by atoms with Gasteiger partial charge in [-0.15, -0.1) is 0 Å². The number of allylic oxidation sites excluding steroid dienone is 16. The van der Waals surface area contributed by atoms with Crippen molar-refractivity contribution in [2.24, 2.45) is 0 Å². The van der Waals surface area contributed by atoms with Crippen LogP contribution >= 0.6 is 0 Å². The number of rotatable bonds is 46. The number of hydrogen-bond donors (Lipinski definition) is 3. The van der Waals surface area contributed by atoms with E-state index in [9.17, 15) is 34.5 Å². The Hall–Kier alpha value is -4.36. The van der Waals surface area contributed by atoms with E-state index in [0.29, 0.717) is 19.3 Å². The molecule has 0 aromatic carbocycles. The summed E-state index contributed by atoms with van der Waals surface area (Å²) in [6.45, 7) is 5.69. The van der Waals surface area contributed by atoms with Crippen LogP contribution in [0.2, 0.25) is 0 Å². The highest BCUT2D eigenvalue weighted by molar-refractivity contribution is 5.74. The number of aliphatic hydroxyl groups excluding tert-OH is 2. The third-order valence-electron chi connectivity index (χ3n) is 12.1. The van der Waals surface area contributed by atoms with Gasteiger partial charge in [-0.25, -0.2) is 4.79 Å². The third kappa shape index (κ3) is 38.8. The normalized spacial score (nSPS) is 19.1. The number of carboxylic acid groups (broad SMARTS) is 1. The summed E-state index contributed by atoms with van der Waals surface area (Å²) >= 11 is 0. The topological polar surface area (TPSA) is 175 Å². The Balaban J connectivity index is 2.74. The molecule has 6 unspecified atom stereocenters. The number of carbonyl (C=O) groups excluding carboxylic acids is 3. The molecule has 0 bridgehead atoms. The fraction of sp³-hybridized carbons (Fsp3) is 0.672. The Bertz CT molecular complexity index is 1640. The number of ether oxygens (including phenoxy) is 5. The zero-order valence-electron chi connectivity index (χ0n) is 45.3. The van der Waals surface area contributed by atoms with Crippen LogP contribution in [-0.2, 0) is 42.9 Å². The zero-order chi connectivity index (χ0) is 53.3. The molecule has 12 nitrogen and oxygen atoms in total. The maximum absolute atomic E-state index is 13.1. The number of carboxylic acids is 1. The highest BCUT2D eigenvalue weighted by Crippen LogP contribution is 2.26. The highest BCUT2D eigenvalue weighted by atomic mass is 16.7. The van der Waals surface area contributed by atoms with Gasteiger partial charge in [0.2, 0.25) is 0 Å². The predicted octanol–water partition coefficient (Wildman–Crippen LogP) is 14.1. The fourth-order valence-corrected chi connectivity index (χ4v) is 7.79. The minimum absolute atomic E-state index is 0.0250. The molecule has 1 aliphatic heterocycles. The van der Waals surface area contributed by atoms with Crippen LogP contribution in [0.1, 0.15) is 213 Å². The molecule has 0 aliphatic carbocycles. The molecular weight excluding hydrogens is 925 g/mol. The molecule has 1 heterocycles. The van der Waals surface area contributed by atoms with E-state index in [4.69, 9.17) is 23.7 Å². The van der Waals surface area contributed by atoms with Gasteiger partial charge >= 0.3 is 23.9 Å². The molecule has 0 aromatic rings. The van der Waals surface area contributed by atoms with Crippen molar-refractivity contribution >= 4 is 23.9 Å². The van der Waals surface area contributed by atoms with Crippen molar-refractivity contribution in [1.82, 2.24) is 0 Å². The van der Waals surface area contributed by atoms with E-state index < -0.39 is 67.3 Å². The quantitative estimate of drug-likeness (QED) is 0.0228. The fourth-order valence-electron chi connectivity index (χ4n) is 7.79. The largest absolute Gasteiger partial charge is 0.479 e. The highest BCUT2D eigenvalue weighted by Gasteiger charge is 2.50. The summed E-state index contributed by atoms with van der Waals surface area (Å²) in [7, 11) is 0. The molecule has 1 saturated heterocycles. The van der Waals surface area contributed by atoms with Crippen molar-refractivity contribution in [1.29, 1.82) is 0 Å². The summed E-state index contributed by atoms with van der Waals surface area (Å²) in [6, 6.07) is 0. The van der Waals surface area contributed by atoms with Crippen molar-refractivity contribution in [3.63, 3.8) is 0 Å². The van der Waals surface area contributed by atoms with Gasteiger partial charge in [-0.05, 0) is 109 Å². The van der Waals surface area contributed by atoms with Crippen molar-refractivity contribution in [2.45, 2.75) is 250 Å². The molecule has 73 heavy (non-hydrogen) atoms. The monoisotopic (exact) mass is 1020 g/mol. The predicted molar refractivity (Wildman–Crippen MR) is 294 cm³/mol. The van der Waals surface area contributed by atoms with Gasteiger partial charge in [0.1, 0.15) is 18.8 Å². The molecule has 0 aromatic heterocycles. The first kappa shape index (κ1) is 66.7. The van der Waals surface area contributed by atoms with E-state index in [1.54, 1.807) is 0 Å². The van der Waals surface area contributed by atoms with Gasteiger partial charge in [-0.2, -0.15) is 0 Å². The summed E-state index contributed by atoms with van der Waals surface area (Å²) < 4.78 is 28.3. The first-order chi connectivity index (χ1) is 35.6. The maximum atomic E-state index is 13.1. The van der Waals surface area contributed by atoms with Crippen molar-refractivity contribution in [3.8, 4) is 0 Å². The maximum Gasteiger partial charge on any atom is 0.335 e. The van der Waals surface area contributed by atoms with E-state index >= 15 is 0 Å². The lowest BCUT2D eigenvalue weighted by molar-refractivity contribution is -0.301. The average Bonchev–Trinajstić information content (AvgIpc) is 3.37. The van der Waals surface area contributed by atoms with Crippen LogP contribution in [0.5, 0.6) is 0 Å². The lowest BCUT2D eigenvalue weighted by atomic mass is 9.98. The van der Waals surface area contributed by atoms with Gasteiger partial charge in [-0.1, -0.05) is 182 Å². The smallest absolute Gasteiger partial charge is 0.335 e. The molecule has 0 amide bonds. The van der Waals surface area contributed by atoms with Crippen LogP contribution in [-0.4, -0.2) is 89.2 Å². The molecule has 6 atom stereocenters. The van der Waals surface area contributed by atoms with Gasteiger partial charge in [0.05, 0.1) is 6.61 Å². The van der Waals surface area contributed by atoms with Crippen LogP contribution < -0.4 is 0 Å². The third-order valence-corrected chi connectivity index (χ3v) is 12.1. The van der Waals surface area contributed by atoms with Gasteiger partial charge in [0.25, 0.3) is 0 Å². The summed E-state index contributed by atoms with van der Waals surface area (Å²) in [5, 5.41) is 31.4. The van der Waals surface area contributed by atoms with Gasteiger partial charge in [0.15, 0.2) is 24.6 Å². The first-order valence-corrected chi connectivity index (χ1v) is 28.2. The zero-order valence-corrected chi connectivity index (χ0v) is 45.3. The summed E-state index contributed by atoms with van der Waals surface area (Å²) in [5.41, 5.74) is 0. The number of esters is 3. The second kappa shape index (κ2) is 48.6. The summed E-state index contributed by atoms with van der Waals surface area (Å²) in [6.07, 6.45) is 50.9. The van der Waals surface area contributed by atoms with Gasteiger partial charge in [-0.3, -0.25) is 14.4 Å². The second-order valence-corrected chi connectivity index (χ2v) is 18.8. The van der Waals surface area contributed by atoms with Gasteiger partial charge in [0, 0.05) is 19.3 Å². The Morgan fingerprint density at radius 1 is 0.466 bits per heavy atom. The molecular formula is C61H98O12. The van der Waals surface area contributed by atoms with Crippen LogP contribution in [0.3, 0.4) is 0 Å². The number of aliphatic carboxylic acids is 1. The van der Waals surface area contributed by atoms with E-state index in [0.717, 1.165) is 154 Å². The molecule has 1 fully saturated rings. The van der Waals surface area contributed by atoms with Crippen molar-refractivity contribution in [3.05, 3.63) is 97.2 Å². The molecule has 1 rings (SSSR count). The number of carbonyl (C=O) groups is 4. The standard InChI is InChI=1S/C61H98O12/c1-4-7-10-13-16-19-22-25-26-27-28-31-34-37-40-43-46-49-55(64)72-59-57(66)56(65)58(60(67)68)73-61(59)70-51-52(71-54(63)48-45-42-39-36-33-30-24-21-18-15-12-9-6-3)50-69-53(62)47-44-41-38-35-32-29-23-20-17-14-11-8-5-2/h7,10-12,14-16,19-21,23-26,28,31,52,56-59,61,65-66H,4-6,8-9,13,17-18,22,27,29-30,32-51H2,1-3H3,(H,67,68)/b10-7-,14-11-,15-12-,19-16-,23-20-,24-21-,26-25-,31-28-. The molecule has 0 saturated carbocycles. The number of aliphatic hydroxyl groups is 2. The Labute approximate surface area is 441 Å². The Morgan fingerprint density at radius 2 is 0.863 bits per heavy atom. The van der Waals surface area contributed by atoms with E-state index in [2.05, 4.69) is 118 Å². The van der Waals surface area contributed by atoms with Crippen LogP contribution in [0.4, 0.5) is 0 Å². The molecule has 3 N–H and O–H groups in total. The molecule has 414 valence electrons. The summed E-state index contributed by atoms with van der Waals surface area (Å²) in [4.78, 5) is 51.0. The minimum Gasteiger partial charge on any atom is -0.479 e. The SMILES string of the molecule is CC/C=C\C/C=C\C/C=C\C/C=C\CCCCCCC(=O)OC1C(OCC(COC(=O)CCCCCCC/C=C\C/C=C\CCC)OC(=O)CCCCCCC/C=C\C/C=C\CCC)OC(C(=O)O)C(O)C1O. The lowest BCUT2D eigenvalue weighted by Crippen LogP contribution is -2.61. The van der Waals surface area contributed by atoms with Crippen LogP contribution in [0, 0.1) is 0 Å². The van der Waals surface area contributed by atoms with Crippen LogP contribution in [0.15, 0.2) is 97.2 Å². The number of unbranched alkanes of at least 4 members (excludes halogenated alkanes) is 16. The molecule has 1 aliphatic rings. The Kier molecular flexibility index (Phi) is 44.4. The first-order valence-electron chi connectivity index (χ1n) is 28.2. The van der Waals surface area contributed by atoms with E-state index in [1.165, 1.54) is 0 Å². The van der Waals surface area contributed by atoms with Crippen molar-refractivity contribution < 1.29 is 58.2 Å². The van der Waals surface area contributed by atoms with Crippen LogP contribution in [0.25, 0.3) is 0 Å². The molecule has 12 heteroatoms. The average molecular weight is 1020 g/mol. The van der Waals surface area contributed by atoms with E-state index in [1.807, 2.05) is 0 Å².